The summed E-state index contributed by atoms with van der Waals surface area (Å²) >= 11 is 0. The van der Waals surface area contributed by atoms with E-state index in [9.17, 15) is 8.42 Å². The molecule has 0 spiro atoms. The zero-order valence-corrected chi connectivity index (χ0v) is 16.5. The molecule has 2 atom stereocenters. The summed E-state index contributed by atoms with van der Waals surface area (Å²) < 4.78 is 25.1. The fourth-order valence-corrected chi connectivity index (χ4v) is 5.47. The van der Waals surface area contributed by atoms with Crippen molar-refractivity contribution in [2.75, 3.05) is 19.3 Å². The largest absolute Gasteiger partial charge is 0.303 e. The van der Waals surface area contributed by atoms with Crippen LogP contribution in [0.25, 0.3) is 0 Å². The van der Waals surface area contributed by atoms with Gasteiger partial charge >= 0.3 is 0 Å². The molecule has 1 aliphatic carbocycles. The second kappa shape index (κ2) is 7.56. The van der Waals surface area contributed by atoms with E-state index in [1.807, 2.05) is 18.3 Å². The Morgan fingerprint density at radius 1 is 1.19 bits per heavy atom. The normalized spacial score (nSPS) is 25.1. The summed E-state index contributed by atoms with van der Waals surface area (Å²) in [7, 11) is -1.05. The van der Waals surface area contributed by atoms with Crippen molar-refractivity contribution in [2.45, 2.75) is 36.6 Å². The van der Waals surface area contributed by atoms with E-state index in [0.29, 0.717) is 17.4 Å². The summed E-state index contributed by atoms with van der Waals surface area (Å²) in [6.45, 7) is 1.18. The molecule has 142 valence electrons. The van der Waals surface area contributed by atoms with E-state index in [2.05, 4.69) is 29.1 Å². The Morgan fingerprint density at radius 3 is 2.74 bits per heavy atom. The summed E-state index contributed by atoms with van der Waals surface area (Å²) in [5, 5.41) is 0. The van der Waals surface area contributed by atoms with Crippen LogP contribution in [-0.2, 0) is 9.84 Å². The predicted octanol–water partition coefficient (Wildman–Crippen LogP) is 3.79. The molecule has 1 aromatic carbocycles. The maximum atomic E-state index is 12.5. The number of hydrogen-bond donors (Lipinski definition) is 0. The standard InChI is InChI=1S/C22H26N2O2S/c1-24-12-5-6-19(24)15-18-16-23-22-10-9-17(14-21(18)22)11-13-27(25,26)20-7-3-2-4-8-20/h2-4,7-10,14,16,19,21H,5-6,11-13,15H2,1H3/t19-,21?/m1/s1. The van der Waals surface area contributed by atoms with Crippen LogP contribution in [0, 0.1) is 5.92 Å². The zero-order chi connectivity index (χ0) is 18.9. The number of allylic oxidation sites excluding steroid dienone is 4. The van der Waals surface area contributed by atoms with Crippen molar-refractivity contribution in [1.82, 2.24) is 4.90 Å². The first-order chi connectivity index (χ1) is 13.0. The molecule has 0 N–H and O–H groups in total. The highest BCUT2D eigenvalue weighted by Gasteiger charge is 2.29. The average Bonchev–Trinajstić information content (AvgIpc) is 3.27. The predicted molar refractivity (Wildman–Crippen MR) is 110 cm³/mol. The highest BCUT2D eigenvalue weighted by atomic mass is 32.2. The van der Waals surface area contributed by atoms with Crippen LogP contribution in [0.4, 0.5) is 0 Å². The molecular weight excluding hydrogens is 356 g/mol. The van der Waals surface area contributed by atoms with Gasteiger partial charge in [0.15, 0.2) is 9.84 Å². The molecule has 2 heterocycles. The van der Waals surface area contributed by atoms with Gasteiger partial charge in [0.05, 0.1) is 16.4 Å². The fraction of sp³-hybridized carbons (Fsp3) is 0.409. The molecule has 27 heavy (non-hydrogen) atoms. The monoisotopic (exact) mass is 382 g/mol. The van der Waals surface area contributed by atoms with Crippen LogP contribution in [0.2, 0.25) is 0 Å². The van der Waals surface area contributed by atoms with Crippen LogP contribution in [-0.4, -0.2) is 44.4 Å². The fourth-order valence-electron chi connectivity index (χ4n) is 4.16. The van der Waals surface area contributed by atoms with Crippen LogP contribution < -0.4 is 0 Å². The molecule has 1 fully saturated rings. The van der Waals surface area contributed by atoms with Crippen molar-refractivity contribution in [3.8, 4) is 0 Å². The van der Waals surface area contributed by atoms with E-state index < -0.39 is 9.84 Å². The Balaban J connectivity index is 1.42. The van der Waals surface area contributed by atoms with Gasteiger partial charge < -0.3 is 4.90 Å². The first-order valence-corrected chi connectivity index (χ1v) is 11.3. The van der Waals surface area contributed by atoms with Crippen molar-refractivity contribution in [1.29, 1.82) is 0 Å². The molecule has 0 amide bonds. The number of benzene rings is 1. The number of fused-ring (bicyclic) bond motifs is 1. The lowest BCUT2D eigenvalue weighted by Crippen LogP contribution is -2.26. The number of aliphatic imine (C=N–C) groups is 1. The molecule has 1 aromatic rings. The number of sulfone groups is 1. The molecule has 3 aliphatic rings. The zero-order valence-electron chi connectivity index (χ0n) is 15.7. The molecule has 4 rings (SSSR count). The highest BCUT2D eigenvalue weighted by Crippen LogP contribution is 2.34. The second-order valence-corrected chi connectivity index (χ2v) is 9.78. The van der Waals surface area contributed by atoms with E-state index in [4.69, 9.17) is 0 Å². The van der Waals surface area contributed by atoms with Crippen molar-refractivity contribution in [2.24, 2.45) is 10.9 Å². The minimum atomic E-state index is -3.25. The smallest absolute Gasteiger partial charge is 0.178 e. The maximum Gasteiger partial charge on any atom is 0.178 e. The van der Waals surface area contributed by atoms with Gasteiger partial charge in [-0.2, -0.15) is 0 Å². The SMILES string of the molecule is CN1CCC[C@@H]1CC1=CN=C2C=CC(CCS(=O)(=O)c3ccccc3)=CC12. The van der Waals surface area contributed by atoms with Crippen molar-refractivity contribution >= 4 is 15.5 Å². The van der Waals surface area contributed by atoms with Gasteiger partial charge in [-0.1, -0.05) is 30.4 Å². The van der Waals surface area contributed by atoms with Crippen LogP contribution >= 0.6 is 0 Å². The average molecular weight is 383 g/mol. The quantitative estimate of drug-likeness (QED) is 0.752. The van der Waals surface area contributed by atoms with Crippen LogP contribution in [0.15, 0.2) is 75.8 Å². The van der Waals surface area contributed by atoms with E-state index in [1.165, 1.54) is 25.0 Å². The number of likely N-dealkylation sites (tertiary alicyclic amines) is 1. The van der Waals surface area contributed by atoms with E-state index in [1.54, 1.807) is 24.3 Å². The Morgan fingerprint density at radius 2 is 2.00 bits per heavy atom. The number of hydrogen-bond acceptors (Lipinski definition) is 4. The third-order valence-corrected chi connectivity index (χ3v) is 7.58. The Hall–Kier alpha value is -1.98. The van der Waals surface area contributed by atoms with Crippen molar-refractivity contribution < 1.29 is 8.42 Å². The summed E-state index contributed by atoms with van der Waals surface area (Å²) in [4.78, 5) is 7.42. The van der Waals surface area contributed by atoms with E-state index in [0.717, 1.165) is 17.7 Å². The van der Waals surface area contributed by atoms with E-state index >= 15 is 0 Å². The summed E-state index contributed by atoms with van der Waals surface area (Å²) in [6, 6.07) is 9.31. The Kier molecular flexibility index (Phi) is 5.15. The van der Waals surface area contributed by atoms with Gasteiger partial charge in [0.2, 0.25) is 0 Å². The minimum Gasteiger partial charge on any atom is -0.303 e. The lowest BCUT2D eigenvalue weighted by atomic mass is 9.86. The van der Waals surface area contributed by atoms with Crippen molar-refractivity contribution in [3.63, 3.8) is 0 Å². The Labute approximate surface area is 161 Å². The topological polar surface area (TPSA) is 49.7 Å². The van der Waals surface area contributed by atoms with E-state index in [-0.39, 0.29) is 11.7 Å². The summed E-state index contributed by atoms with van der Waals surface area (Å²) in [6.07, 6.45) is 12.4. The third kappa shape index (κ3) is 3.99. The number of nitrogens with zero attached hydrogens (tertiary/aromatic N) is 2. The lowest BCUT2D eigenvalue weighted by Gasteiger charge is -2.23. The third-order valence-electron chi connectivity index (χ3n) is 5.85. The van der Waals surface area contributed by atoms with Crippen LogP contribution in [0.1, 0.15) is 25.7 Å². The van der Waals surface area contributed by atoms with Crippen LogP contribution in [0.3, 0.4) is 0 Å². The lowest BCUT2D eigenvalue weighted by molar-refractivity contribution is 0.307. The van der Waals surface area contributed by atoms with Gasteiger partial charge in [-0.25, -0.2) is 8.42 Å². The highest BCUT2D eigenvalue weighted by molar-refractivity contribution is 7.91. The van der Waals surface area contributed by atoms with Gasteiger partial charge in [0, 0.05) is 18.2 Å². The molecular formula is C22H26N2O2S. The summed E-state index contributed by atoms with van der Waals surface area (Å²) in [5.41, 5.74) is 3.53. The molecule has 5 heteroatoms. The van der Waals surface area contributed by atoms with Crippen LogP contribution in [0.5, 0.6) is 0 Å². The molecule has 0 saturated carbocycles. The molecule has 4 nitrogen and oxygen atoms in total. The van der Waals surface area contributed by atoms with Crippen molar-refractivity contribution in [3.05, 3.63) is 65.9 Å². The first-order valence-electron chi connectivity index (χ1n) is 9.66. The van der Waals surface area contributed by atoms with Gasteiger partial charge in [0.1, 0.15) is 0 Å². The minimum absolute atomic E-state index is 0.136. The Bertz CT molecular complexity index is 926. The van der Waals surface area contributed by atoms with Gasteiger partial charge in [-0.3, -0.25) is 4.99 Å². The molecule has 1 saturated heterocycles. The molecule has 2 aliphatic heterocycles. The summed E-state index contributed by atoms with van der Waals surface area (Å²) in [5.74, 6) is 0.356. The molecule has 1 unspecified atom stereocenters. The van der Waals surface area contributed by atoms with Gasteiger partial charge in [0.25, 0.3) is 0 Å². The molecule has 0 aromatic heterocycles. The maximum absolute atomic E-state index is 12.5. The molecule has 0 radical (unpaired) electrons. The molecule has 0 bridgehead atoms. The van der Waals surface area contributed by atoms with Gasteiger partial charge in [-0.05, 0) is 68.6 Å². The first kappa shape index (κ1) is 18.4. The second-order valence-electron chi connectivity index (χ2n) is 7.67. The number of rotatable bonds is 6. The van der Waals surface area contributed by atoms with Gasteiger partial charge in [-0.15, -0.1) is 0 Å².